The molecular formula is C22H25N5O2S. The van der Waals surface area contributed by atoms with E-state index in [9.17, 15) is 10.1 Å². The Labute approximate surface area is 181 Å². The number of ether oxygens (including phenoxy) is 1. The second-order valence-corrected chi connectivity index (χ2v) is 8.44. The van der Waals surface area contributed by atoms with Gasteiger partial charge in [-0.3, -0.25) is 4.79 Å². The van der Waals surface area contributed by atoms with E-state index in [0.29, 0.717) is 23.8 Å². The Morgan fingerprint density at radius 3 is 2.73 bits per heavy atom. The van der Waals surface area contributed by atoms with Crippen molar-refractivity contribution in [3.05, 3.63) is 47.0 Å². The summed E-state index contributed by atoms with van der Waals surface area (Å²) in [5.74, 6) is 1.03. The van der Waals surface area contributed by atoms with E-state index < -0.39 is 0 Å². The summed E-state index contributed by atoms with van der Waals surface area (Å²) in [6.45, 7) is 4.61. The molecule has 4 rings (SSSR count). The maximum atomic E-state index is 12.4. The van der Waals surface area contributed by atoms with Crippen LogP contribution in [0.3, 0.4) is 0 Å². The van der Waals surface area contributed by atoms with Crippen molar-refractivity contribution in [2.45, 2.75) is 18.0 Å². The molecule has 1 amide bonds. The largest absolute Gasteiger partial charge is 0.378 e. The van der Waals surface area contributed by atoms with Crippen LogP contribution in [0.15, 0.2) is 35.4 Å². The highest BCUT2D eigenvalue weighted by Crippen LogP contribution is 2.35. The number of carbonyl (C=O) groups is 1. The maximum absolute atomic E-state index is 12.4. The molecule has 1 N–H and O–H groups in total. The minimum atomic E-state index is -0.109. The molecule has 7 nitrogen and oxygen atoms in total. The number of fused-ring (bicyclic) bond motifs is 1. The van der Waals surface area contributed by atoms with Gasteiger partial charge in [0.15, 0.2) is 0 Å². The number of likely N-dealkylation sites (N-methyl/N-ethyl adjacent to an activating group) is 1. The Bertz CT molecular complexity index is 954. The summed E-state index contributed by atoms with van der Waals surface area (Å²) >= 11 is 1.33. The monoisotopic (exact) mass is 423 g/mol. The Morgan fingerprint density at radius 2 is 2.00 bits per heavy atom. The minimum absolute atomic E-state index is 0.109. The van der Waals surface area contributed by atoms with Gasteiger partial charge in [0.2, 0.25) is 5.91 Å². The molecule has 2 aliphatic heterocycles. The molecule has 0 unspecified atom stereocenters. The number of nitrogens with one attached hydrogen (secondary N) is 1. The second-order valence-electron chi connectivity index (χ2n) is 7.47. The molecule has 0 saturated carbocycles. The third kappa shape index (κ3) is 4.59. The minimum Gasteiger partial charge on any atom is -0.378 e. The van der Waals surface area contributed by atoms with Gasteiger partial charge in [-0.25, -0.2) is 4.98 Å². The first-order valence-electron chi connectivity index (χ1n) is 10.1. The molecular weight excluding hydrogens is 398 g/mol. The van der Waals surface area contributed by atoms with Crippen LogP contribution in [0.2, 0.25) is 0 Å². The predicted molar refractivity (Wildman–Crippen MR) is 118 cm³/mol. The van der Waals surface area contributed by atoms with Crippen molar-refractivity contribution in [1.82, 2.24) is 9.88 Å². The summed E-state index contributed by atoms with van der Waals surface area (Å²) in [6.07, 6.45) is 0.818. The zero-order valence-corrected chi connectivity index (χ0v) is 17.9. The smallest absolute Gasteiger partial charge is 0.234 e. The fourth-order valence-corrected chi connectivity index (χ4v) is 4.64. The number of nitriles is 1. The molecule has 8 heteroatoms. The highest BCUT2D eigenvalue weighted by Gasteiger charge is 2.27. The van der Waals surface area contributed by atoms with Crippen LogP contribution in [0.1, 0.15) is 16.7 Å². The number of carbonyl (C=O) groups excluding carboxylic acids is 1. The Balaban J connectivity index is 1.60. The van der Waals surface area contributed by atoms with Crippen molar-refractivity contribution in [3.63, 3.8) is 0 Å². The van der Waals surface area contributed by atoms with Gasteiger partial charge in [0.1, 0.15) is 16.9 Å². The van der Waals surface area contributed by atoms with E-state index >= 15 is 0 Å². The van der Waals surface area contributed by atoms with Crippen molar-refractivity contribution < 1.29 is 9.53 Å². The average molecular weight is 424 g/mol. The molecule has 1 aromatic heterocycles. The van der Waals surface area contributed by atoms with Gasteiger partial charge in [-0.05, 0) is 31.2 Å². The number of amides is 1. The van der Waals surface area contributed by atoms with Crippen LogP contribution >= 0.6 is 11.8 Å². The van der Waals surface area contributed by atoms with Crippen LogP contribution in [0.25, 0.3) is 0 Å². The van der Waals surface area contributed by atoms with Crippen molar-refractivity contribution in [2.24, 2.45) is 0 Å². The molecule has 1 saturated heterocycles. The van der Waals surface area contributed by atoms with E-state index in [1.807, 2.05) is 30.3 Å². The number of hydrogen-bond acceptors (Lipinski definition) is 7. The van der Waals surface area contributed by atoms with E-state index in [1.54, 1.807) is 0 Å². The van der Waals surface area contributed by atoms with Crippen LogP contribution < -0.4 is 10.2 Å². The quantitative estimate of drug-likeness (QED) is 0.740. The van der Waals surface area contributed by atoms with Crippen LogP contribution in [0.5, 0.6) is 0 Å². The number of anilines is 2. The zero-order chi connectivity index (χ0) is 20.9. The predicted octanol–water partition coefficient (Wildman–Crippen LogP) is 2.51. The highest BCUT2D eigenvalue weighted by atomic mass is 32.2. The van der Waals surface area contributed by atoms with Crippen molar-refractivity contribution >= 4 is 29.2 Å². The lowest BCUT2D eigenvalue weighted by molar-refractivity contribution is -0.113. The van der Waals surface area contributed by atoms with Gasteiger partial charge in [-0.2, -0.15) is 5.26 Å². The number of para-hydroxylation sites is 1. The summed E-state index contributed by atoms with van der Waals surface area (Å²) in [6, 6.07) is 11.7. The molecule has 30 heavy (non-hydrogen) atoms. The SMILES string of the molecule is CN1CCc2c(C#N)c(SCC(=O)Nc3ccccc3)nc(N3CCOCC3)c2C1. The number of thioether (sulfide) groups is 1. The number of pyridine rings is 1. The molecule has 156 valence electrons. The average Bonchev–Trinajstić information content (AvgIpc) is 2.78. The normalized spacial score (nSPS) is 16.6. The molecule has 2 aromatic rings. The third-order valence-corrected chi connectivity index (χ3v) is 6.32. The summed E-state index contributed by atoms with van der Waals surface area (Å²) in [5, 5.41) is 13.4. The lowest BCUT2D eigenvalue weighted by Gasteiger charge is -2.34. The molecule has 0 spiro atoms. The first-order valence-corrected chi connectivity index (χ1v) is 11.1. The van der Waals surface area contributed by atoms with E-state index in [2.05, 4.69) is 28.2 Å². The lowest BCUT2D eigenvalue weighted by Crippen LogP contribution is -2.39. The Hall–Kier alpha value is -2.60. The number of hydrogen-bond donors (Lipinski definition) is 1. The first-order chi connectivity index (χ1) is 14.7. The standard InChI is InChI=1S/C22H25N5O2S/c1-26-8-7-17-18(13-23)22(30-15-20(28)24-16-5-3-2-4-6-16)25-21(19(17)14-26)27-9-11-29-12-10-27/h2-6H,7-12,14-15H2,1H3,(H,24,28). The van der Waals surface area contributed by atoms with Crippen molar-refractivity contribution in [1.29, 1.82) is 5.26 Å². The molecule has 0 aliphatic carbocycles. The Kier molecular flexibility index (Phi) is 6.53. The zero-order valence-electron chi connectivity index (χ0n) is 17.1. The van der Waals surface area contributed by atoms with Crippen LogP contribution in [0.4, 0.5) is 11.5 Å². The fourth-order valence-electron chi connectivity index (χ4n) is 3.84. The van der Waals surface area contributed by atoms with E-state index in [-0.39, 0.29) is 11.7 Å². The van der Waals surface area contributed by atoms with Crippen LogP contribution in [0, 0.1) is 11.3 Å². The Morgan fingerprint density at radius 1 is 1.23 bits per heavy atom. The van der Waals surface area contributed by atoms with Gasteiger partial charge >= 0.3 is 0 Å². The van der Waals surface area contributed by atoms with Gasteiger partial charge in [-0.1, -0.05) is 30.0 Å². The molecule has 0 radical (unpaired) electrons. The number of rotatable bonds is 5. The molecule has 3 heterocycles. The number of nitrogens with zero attached hydrogens (tertiary/aromatic N) is 4. The number of morpholine rings is 1. The van der Waals surface area contributed by atoms with Gasteiger partial charge < -0.3 is 19.9 Å². The fraction of sp³-hybridized carbons (Fsp3) is 0.409. The van der Waals surface area contributed by atoms with Crippen LogP contribution in [-0.2, 0) is 22.5 Å². The number of aromatic nitrogens is 1. The van der Waals surface area contributed by atoms with Gasteiger partial charge in [-0.15, -0.1) is 0 Å². The van der Waals surface area contributed by atoms with Crippen LogP contribution in [-0.4, -0.2) is 61.4 Å². The molecule has 0 atom stereocenters. The topological polar surface area (TPSA) is 81.5 Å². The van der Waals surface area contributed by atoms with Gasteiger partial charge in [0.25, 0.3) is 0 Å². The summed E-state index contributed by atoms with van der Waals surface area (Å²) < 4.78 is 5.51. The van der Waals surface area contributed by atoms with Crippen molar-refractivity contribution in [2.75, 3.05) is 55.9 Å². The third-order valence-electron chi connectivity index (χ3n) is 5.35. The van der Waals surface area contributed by atoms with E-state index in [4.69, 9.17) is 9.72 Å². The molecule has 1 fully saturated rings. The highest BCUT2D eigenvalue weighted by molar-refractivity contribution is 8.00. The first kappa shape index (κ1) is 20.7. The molecule has 1 aromatic carbocycles. The second kappa shape index (κ2) is 9.47. The summed E-state index contributed by atoms with van der Waals surface area (Å²) in [5.41, 5.74) is 3.60. The summed E-state index contributed by atoms with van der Waals surface area (Å²) in [7, 11) is 2.09. The molecule has 0 bridgehead atoms. The van der Waals surface area contributed by atoms with Crippen molar-refractivity contribution in [3.8, 4) is 6.07 Å². The van der Waals surface area contributed by atoms with E-state index in [1.165, 1.54) is 11.8 Å². The van der Waals surface area contributed by atoms with E-state index in [0.717, 1.165) is 55.2 Å². The molecule has 2 aliphatic rings. The number of benzene rings is 1. The van der Waals surface area contributed by atoms with Gasteiger partial charge in [0.05, 0.1) is 24.5 Å². The van der Waals surface area contributed by atoms with Gasteiger partial charge in [0, 0.05) is 37.4 Å². The lowest BCUT2D eigenvalue weighted by atomic mass is 9.96. The maximum Gasteiger partial charge on any atom is 0.234 e. The summed E-state index contributed by atoms with van der Waals surface area (Å²) in [4.78, 5) is 21.8.